The van der Waals surface area contributed by atoms with Crippen LogP contribution in [0.2, 0.25) is 0 Å². The van der Waals surface area contributed by atoms with Crippen molar-refractivity contribution in [3.8, 4) is 0 Å². The Hall–Kier alpha value is -1.35. The van der Waals surface area contributed by atoms with Gasteiger partial charge in [-0.05, 0) is 101 Å². The first kappa shape index (κ1) is 27.7. The number of thiophene rings is 1. The zero-order valence-electron chi connectivity index (χ0n) is 21.7. The number of carbonyl (C=O) groups is 2. The summed E-state index contributed by atoms with van der Waals surface area (Å²) in [6, 6.07) is 2.01. The molecule has 1 N–H and O–H groups in total. The Morgan fingerprint density at radius 1 is 1.11 bits per heavy atom. The van der Waals surface area contributed by atoms with Crippen LogP contribution in [0.15, 0.2) is 12.1 Å². The molecule has 0 spiro atoms. The number of amides is 1. The van der Waals surface area contributed by atoms with Crippen molar-refractivity contribution in [2.75, 3.05) is 23.9 Å². The van der Waals surface area contributed by atoms with Crippen LogP contribution in [0.4, 0.5) is 5.69 Å². The van der Waals surface area contributed by atoms with Gasteiger partial charge in [0.1, 0.15) is 11.7 Å². The van der Waals surface area contributed by atoms with Crippen LogP contribution in [0.5, 0.6) is 0 Å². The van der Waals surface area contributed by atoms with Gasteiger partial charge < -0.3 is 19.5 Å². The van der Waals surface area contributed by atoms with Crippen molar-refractivity contribution in [3.05, 3.63) is 21.9 Å². The third-order valence-corrected chi connectivity index (χ3v) is 9.56. The fourth-order valence-corrected chi connectivity index (χ4v) is 7.16. The van der Waals surface area contributed by atoms with E-state index >= 15 is 0 Å². The number of nitrogens with zero attached hydrogens (tertiary/aromatic N) is 1. The zero-order valence-corrected chi connectivity index (χ0v) is 23.3. The number of anilines is 1. The summed E-state index contributed by atoms with van der Waals surface area (Å²) in [6.45, 7) is 2.56. The van der Waals surface area contributed by atoms with E-state index in [0.717, 1.165) is 75.5 Å². The van der Waals surface area contributed by atoms with E-state index in [1.54, 1.807) is 11.8 Å². The van der Waals surface area contributed by atoms with Crippen LogP contribution < -0.4 is 4.90 Å². The number of hydrogen-bond acceptors (Lipinski definition) is 6. The Balaban J connectivity index is 1.57. The molecule has 0 bridgehead atoms. The van der Waals surface area contributed by atoms with E-state index in [2.05, 4.69) is 13.0 Å². The minimum Gasteiger partial charge on any atom is -0.477 e. The van der Waals surface area contributed by atoms with Crippen LogP contribution in [-0.4, -0.2) is 48.1 Å². The predicted octanol–water partition coefficient (Wildman–Crippen LogP) is 7.19. The lowest BCUT2D eigenvalue weighted by Crippen LogP contribution is -2.47. The molecular weight excluding hydrogens is 494 g/mol. The monoisotopic (exact) mass is 535 g/mol. The Kier molecular flexibility index (Phi) is 10.3. The first-order valence-corrected chi connectivity index (χ1v) is 15.8. The van der Waals surface area contributed by atoms with Crippen LogP contribution >= 0.6 is 23.1 Å². The summed E-state index contributed by atoms with van der Waals surface area (Å²) in [7, 11) is 0. The summed E-state index contributed by atoms with van der Waals surface area (Å²) >= 11 is 2.97. The molecule has 2 saturated carbocycles. The summed E-state index contributed by atoms with van der Waals surface area (Å²) in [6.07, 6.45) is 16.0. The van der Waals surface area contributed by atoms with Gasteiger partial charge in [0.15, 0.2) is 0 Å². The van der Waals surface area contributed by atoms with E-state index in [9.17, 15) is 14.7 Å². The van der Waals surface area contributed by atoms with Gasteiger partial charge in [-0.3, -0.25) is 4.79 Å². The molecule has 3 aliphatic rings. The van der Waals surface area contributed by atoms with Gasteiger partial charge in [-0.1, -0.05) is 13.0 Å². The van der Waals surface area contributed by atoms with E-state index < -0.39 is 5.97 Å². The van der Waals surface area contributed by atoms with Crippen molar-refractivity contribution in [2.24, 2.45) is 11.8 Å². The van der Waals surface area contributed by atoms with Crippen molar-refractivity contribution in [3.63, 3.8) is 0 Å². The lowest BCUT2D eigenvalue weighted by molar-refractivity contribution is -0.124. The highest BCUT2D eigenvalue weighted by atomic mass is 32.2. The molecule has 8 heteroatoms. The number of carboxylic acid groups (broad SMARTS) is 1. The number of ether oxygens (including phenoxy) is 2. The molecule has 1 aromatic heterocycles. The van der Waals surface area contributed by atoms with Gasteiger partial charge in [-0.15, -0.1) is 23.1 Å². The van der Waals surface area contributed by atoms with Crippen LogP contribution in [0.25, 0.3) is 5.57 Å². The minimum atomic E-state index is -0.935. The standard InChI is InChI=1S/C28H41NO5S2/c1-19-8-10-21(11-9-19)27(30)29(22-12-14-23(15-13-22)34-17-33-18-35-2)24-16-25(36-26(24)28(31)32)20-6-4-3-5-7-20/h6,16,19,21-23H,3-5,7-15,17-18H2,1-2H3,(H,31,32). The summed E-state index contributed by atoms with van der Waals surface area (Å²) in [5.41, 5.74) is 1.85. The number of carboxylic acids is 1. The van der Waals surface area contributed by atoms with E-state index in [0.29, 0.717) is 29.2 Å². The van der Waals surface area contributed by atoms with Crippen LogP contribution in [0.3, 0.4) is 0 Å². The first-order valence-electron chi connectivity index (χ1n) is 13.6. The quantitative estimate of drug-likeness (QED) is 0.252. The maximum absolute atomic E-state index is 14.1. The van der Waals surface area contributed by atoms with Gasteiger partial charge in [0.05, 0.1) is 17.7 Å². The molecule has 0 atom stereocenters. The molecule has 0 unspecified atom stereocenters. The molecular formula is C28H41NO5S2. The van der Waals surface area contributed by atoms with Gasteiger partial charge in [-0.2, -0.15) is 0 Å². The second kappa shape index (κ2) is 13.4. The number of thioether (sulfide) groups is 1. The fraction of sp³-hybridized carbons (Fsp3) is 0.714. The van der Waals surface area contributed by atoms with Crippen LogP contribution in [-0.2, 0) is 14.3 Å². The molecule has 2 fully saturated rings. The third-order valence-electron chi connectivity index (χ3n) is 7.97. The highest BCUT2D eigenvalue weighted by Gasteiger charge is 2.37. The first-order chi connectivity index (χ1) is 17.5. The average Bonchev–Trinajstić information content (AvgIpc) is 3.34. The Morgan fingerprint density at radius 3 is 2.50 bits per heavy atom. The molecule has 36 heavy (non-hydrogen) atoms. The summed E-state index contributed by atoms with van der Waals surface area (Å²) < 4.78 is 11.4. The zero-order chi connectivity index (χ0) is 25.5. The van der Waals surface area contributed by atoms with E-state index in [1.807, 2.05) is 17.2 Å². The predicted molar refractivity (Wildman–Crippen MR) is 148 cm³/mol. The van der Waals surface area contributed by atoms with Gasteiger partial charge in [-0.25, -0.2) is 4.79 Å². The fourth-order valence-electron chi connectivity index (χ4n) is 5.86. The second-order valence-corrected chi connectivity index (χ2v) is 12.5. The van der Waals surface area contributed by atoms with Gasteiger partial charge in [0, 0.05) is 16.8 Å². The summed E-state index contributed by atoms with van der Waals surface area (Å²) in [5.74, 6) is 0.444. The van der Waals surface area contributed by atoms with Crippen molar-refractivity contribution in [2.45, 2.75) is 96.1 Å². The molecule has 200 valence electrons. The number of allylic oxidation sites excluding steroid dienone is 2. The lowest BCUT2D eigenvalue weighted by atomic mass is 9.81. The van der Waals surface area contributed by atoms with Crippen molar-refractivity contribution in [1.82, 2.24) is 0 Å². The van der Waals surface area contributed by atoms with Crippen LogP contribution in [0.1, 0.15) is 98.5 Å². The summed E-state index contributed by atoms with van der Waals surface area (Å²) in [4.78, 5) is 29.7. The topological polar surface area (TPSA) is 76.1 Å². The Bertz CT molecular complexity index is 913. The lowest BCUT2D eigenvalue weighted by Gasteiger charge is -2.39. The van der Waals surface area contributed by atoms with Crippen molar-refractivity contribution >= 4 is 46.2 Å². The molecule has 0 radical (unpaired) electrons. The maximum Gasteiger partial charge on any atom is 0.348 e. The highest BCUT2D eigenvalue weighted by molar-refractivity contribution is 7.98. The molecule has 1 aromatic rings. The maximum atomic E-state index is 14.1. The molecule has 0 saturated heterocycles. The largest absolute Gasteiger partial charge is 0.477 e. The highest BCUT2D eigenvalue weighted by Crippen LogP contribution is 2.42. The molecule has 6 nitrogen and oxygen atoms in total. The third kappa shape index (κ3) is 6.94. The van der Waals surface area contributed by atoms with E-state index in [1.165, 1.54) is 23.3 Å². The normalized spacial score (nSPS) is 26.9. The second-order valence-electron chi connectivity index (χ2n) is 10.6. The van der Waals surface area contributed by atoms with Crippen LogP contribution in [0, 0.1) is 11.8 Å². The van der Waals surface area contributed by atoms with Gasteiger partial charge in [0.25, 0.3) is 0 Å². The van der Waals surface area contributed by atoms with E-state index in [-0.39, 0.29) is 24.0 Å². The van der Waals surface area contributed by atoms with Gasteiger partial charge in [0.2, 0.25) is 5.91 Å². The number of aromatic carboxylic acids is 1. The average molecular weight is 536 g/mol. The van der Waals surface area contributed by atoms with Gasteiger partial charge >= 0.3 is 5.97 Å². The van der Waals surface area contributed by atoms with Crippen molar-refractivity contribution in [1.29, 1.82) is 0 Å². The SMILES string of the molecule is CSCOCOC1CCC(N(C(=O)C2CCC(C)CC2)c2cc(C3=CCCCC3)sc2C(=O)O)CC1. The molecule has 3 aliphatic carbocycles. The summed E-state index contributed by atoms with van der Waals surface area (Å²) in [5, 5.41) is 10.2. The number of rotatable bonds is 10. The Morgan fingerprint density at radius 2 is 1.86 bits per heavy atom. The molecule has 1 heterocycles. The Labute approximate surface area is 223 Å². The molecule has 0 aliphatic heterocycles. The van der Waals surface area contributed by atoms with Crippen molar-refractivity contribution < 1.29 is 24.2 Å². The molecule has 4 rings (SSSR count). The molecule has 0 aromatic carbocycles. The number of carbonyl (C=O) groups excluding carboxylic acids is 1. The molecule has 1 amide bonds. The minimum absolute atomic E-state index is 0.00435. The van der Waals surface area contributed by atoms with E-state index in [4.69, 9.17) is 9.47 Å². The smallest absolute Gasteiger partial charge is 0.348 e. The number of hydrogen-bond donors (Lipinski definition) is 1.